The minimum atomic E-state index is -0.299. The van der Waals surface area contributed by atoms with Gasteiger partial charge in [-0.05, 0) is 18.9 Å². The Morgan fingerprint density at radius 1 is 1.31 bits per heavy atom. The van der Waals surface area contributed by atoms with Crippen molar-refractivity contribution in [3.05, 3.63) is 59.7 Å². The molecule has 2 nitrogen and oxygen atoms in total. The summed E-state index contributed by atoms with van der Waals surface area (Å²) in [5, 5.41) is 0. The second kappa shape index (κ2) is 6.62. The summed E-state index contributed by atoms with van der Waals surface area (Å²) in [6, 6.07) is 10.1. The van der Waals surface area contributed by atoms with Crippen LogP contribution in [-0.2, 0) is 16.0 Å². The highest BCUT2D eigenvalue weighted by molar-refractivity contribution is 5.91. The van der Waals surface area contributed by atoms with Crippen LogP contribution in [0.2, 0.25) is 0 Å². The number of carbonyl (C=O) groups is 1. The van der Waals surface area contributed by atoms with E-state index in [0.717, 1.165) is 6.42 Å². The molecule has 1 rings (SSSR count). The van der Waals surface area contributed by atoms with Gasteiger partial charge in [-0.3, -0.25) is 0 Å². The van der Waals surface area contributed by atoms with E-state index in [-0.39, 0.29) is 5.97 Å². The quantitative estimate of drug-likeness (QED) is 0.439. The largest absolute Gasteiger partial charge is 0.465 e. The molecule has 0 fully saturated rings. The van der Waals surface area contributed by atoms with Crippen LogP contribution >= 0.6 is 0 Å². The van der Waals surface area contributed by atoms with Crippen molar-refractivity contribution in [1.82, 2.24) is 0 Å². The van der Waals surface area contributed by atoms with E-state index >= 15 is 0 Å². The van der Waals surface area contributed by atoms with E-state index in [9.17, 15) is 4.79 Å². The van der Waals surface area contributed by atoms with E-state index in [1.165, 1.54) is 12.7 Å². The smallest absolute Gasteiger partial charge is 0.337 e. The molecule has 2 heteroatoms. The van der Waals surface area contributed by atoms with E-state index in [4.69, 9.17) is 0 Å². The monoisotopic (exact) mass is 216 g/mol. The highest BCUT2D eigenvalue weighted by atomic mass is 16.5. The van der Waals surface area contributed by atoms with E-state index in [1.54, 1.807) is 12.2 Å². The molecular weight excluding hydrogens is 200 g/mol. The van der Waals surface area contributed by atoms with Gasteiger partial charge in [-0.1, -0.05) is 48.6 Å². The van der Waals surface area contributed by atoms with Gasteiger partial charge in [0.15, 0.2) is 0 Å². The van der Waals surface area contributed by atoms with Crippen molar-refractivity contribution in [3.8, 4) is 0 Å². The summed E-state index contributed by atoms with van der Waals surface area (Å²) in [5.74, 6) is -0.299. The number of hydrogen-bond acceptors (Lipinski definition) is 2. The number of esters is 1. The summed E-state index contributed by atoms with van der Waals surface area (Å²) in [6.07, 6.45) is 6.31. The molecule has 1 aromatic carbocycles. The normalized spacial score (nSPS) is 11.8. The third-order valence-corrected chi connectivity index (χ3v) is 2.23. The molecule has 0 unspecified atom stereocenters. The summed E-state index contributed by atoms with van der Waals surface area (Å²) < 4.78 is 4.65. The fourth-order valence-corrected chi connectivity index (χ4v) is 1.34. The highest BCUT2D eigenvalue weighted by Crippen LogP contribution is 2.04. The highest BCUT2D eigenvalue weighted by Gasteiger charge is 2.02. The maximum Gasteiger partial charge on any atom is 0.337 e. The average Bonchev–Trinajstić information content (AvgIpc) is 2.35. The van der Waals surface area contributed by atoms with Crippen LogP contribution in [0.4, 0.5) is 0 Å². The Bertz CT molecular complexity index is 388. The molecule has 84 valence electrons. The third-order valence-electron chi connectivity index (χ3n) is 2.23. The van der Waals surface area contributed by atoms with Gasteiger partial charge in [0.2, 0.25) is 0 Å². The van der Waals surface area contributed by atoms with Gasteiger partial charge in [-0.2, -0.15) is 0 Å². The Morgan fingerprint density at radius 3 is 2.56 bits per heavy atom. The first kappa shape index (κ1) is 12.2. The lowest BCUT2D eigenvalue weighted by atomic mass is 10.1. The number of ether oxygens (including phenoxy) is 1. The summed E-state index contributed by atoms with van der Waals surface area (Å²) >= 11 is 0. The molecular formula is C14H16O2. The maximum atomic E-state index is 11.2. The minimum Gasteiger partial charge on any atom is -0.465 e. The Labute approximate surface area is 96.2 Å². The van der Waals surface area contributed by atoms with Crippen molar-refractivity contribution in [2.24, 2.45) is 0 Å². The summed E-state index contributed by atoms with van der Waals surface area (Å²) in [4.78, 5) is 11.2. The molecule has 0 atom stereocenters. The molecule has 0 saturated heterocycles. The van der Waals surface area contributed by atoms with Crippen LogP contribution in [-0.4, -0.2) is 13.1 Å². The van der Waals surface area contributed by atoms with Gasteiger partial charge < -0.3 is 4.74 Å². The molecule has 1 aromatic rings. The lowest BCUT2D eigenvalue weighted by Gasteiger charge is -1.98. The van der Waals surface area contributed by atoms with E-state index in [0.29, 0.717) is 5.57 Å². The number of rotatable bonds is 4. The number of allylic oxidation sites excluding steroid dienone is 2. The average molecular weight is 216 g/mol. The fraction of sp³-hybridized carbons (Fsp3) is 0.214. The topological polar surface area (TPSA) is 26.3 Å². The maximum absolute atomic E-state index is 11.2. The van der Waals surface area contributed by atoms with E-state index < -0.39 is 0 Å². The summed E-state index contributed by atoms with van der Waals surface area (Å²) in [6.45, 7) is 1.82. The Hall–Kier alpha value is -1.83. The number of methoxy groups -OCH3 is 1. The first-order valence-electron chi connectivity index (χ1n) is 5.23. The van der Waals surface area contributed by atoms with Crippen LogP contribution < -0.4 is 0 Å². The second-order valence-corrected chi connectivity index (χ2v) is 3.33. The number of hydrogen-bond donors (Lipinski definition) is 0. The van der Waals surface area contributed by atoms with Gasteiger partial charge in [-0.15, -0.1) is 0 Å². The minimum absolute atomic E-state index is 0.299. The Balaban J connectivity index is 2.58. The van der Waals surface area contributed by atoms with Gasteiger partial charge in [-0.25, -0.2) is 4.79 Å². The molecule has 16 heavy (non-hydrogen) atoms. The summed E-state index contributed by atoms with van der Waals surface area (Å²) in [7, 11) is 1.39. The molecule has 0 heterocycles. The molecule has 0 aliphatic carbocycles. The van der Waals surface area contributed by atoms with Crippen molar-refractivity contribution >= 4 is 5.97 Å². The van der Waals surface area contributed by atoms with Crippen LogP contribution in [0.5, 0.6) is 0 Å². The van der Waals surface area contributed by atoms with Crippen LogP contribution in [0, 0.1) is 0 Å². The number of benzene rings is 1. The van der Waals surface area contributed by atoms with Gasteiger partial charge in [0.1, 0.15) is 0 Å². The molecule has 0 bridgehead atoms. The van der Waals surface area contributed by atoms with Gasteiger partial charge in [0.25, 0.3) is 0 Å². The van der Waals surface area contributed by atoms with Crippen LogP contribution in [0.15, 0.2) is 54.1 Å². The van der Waals surface area contributed by atoms with Crippen LogP contribution in [0.25, 0.3) is 0 Å². The SMILES string of the molecule is CC=C(C=CCc1ccccc1)C(=O)OC. The lowest BCUT2D eigenvalue weighted by Crippen LogP contribution is -2.02. The summed E-state index contributed by atoms with van der Waals surface area (Å²) in [5.41, 5.74) is 1.80. The molecule has 0 amide bonds. The molecule has 0 radical (unpaired) electrons. The van der Waals surface area contributed by atoms with Crippen molar-refractivity contribution in [2.75, 3.05) is 7.11 Å². The van der Waals surface area contributed by atoms with E-state index in [2.05, 4.69) is 16.9 Å². The molecule has 0 spiro atoms. The first-order valence-corrected chi connectivity index (χ1v) is 5.23. The zero-order chi connectivity index (χ0) is 11.8. The van der Waals surface area contributed by atoms with Gasteiger partial charge >= 0.3 is 5.97 Å². The van der Waals surface area contributed by atoms with Crippen molar-refractivity contribution in [2.45, 2.75) is 13.3 Å². The molecule has 0 aliphatic rings. The van der Waals surface area contributed by atoms with Crippen LogP contribution in [0.1, 0.15) is 12.5 Å². The van der Waals surface area contributed by atoms with Gasteiger partial charge in [0.05, 0.1) is 12.7 Å². The second-order valence-electron chi connectivity index (χ2n) is 3.33. The first-order chi connectivity index (χ1) is 7.77. The lowest BCUT2D eigenvalue weighted by molar-refractivity contribution is -0.135. The Kier molecular flexibility index (Phi) is 5.06. The predicted molar refractivity (Wildman–Crippen MR) is 65.1 cm³/mol. The van der Waals surface area contributed by atoms with Crippen LogP contribution in [0.3, 0.4) is 0 Å². The van der Waals surface area contributed by atoms with E-state index in [1.807, 2.05) is 31.2 Å². The van der Waals surface area contributed by atoms with Gasteiger partial charge in [0, 0.05) is 0 Å². The standard InChI is InChI=1S/C14H16O2/c1-3-13(14(15)16-2)11-7-10-12-8-5-4-6-9-12/h3-9,11H,10H2,1-2H3. The zero-order valence-electron chi connectivity index (χ0n) is 9.64. The zero-order valence-corrected chi connectivity index (χ0v) is 9.64. The predicted octanol–water partition coefficient (Wildman–Crippen LogP) is 2.90. The third kappa shape index (κ3) is 3.73. The van der Waals surface area contributed by atoms with Crippen molar-refractivity contribution in [3.63, 3.8) is 0 Å². The molecule has 0 aliphatic heterocycles. The molecule has 0 N–H and O–H groups in total. The fourth-order valence-electron chi connectivity index (χ4n) is 1.34. The van der Waals surface area contributed by atoms with Crippen molar-refractivity contribution in [1.29, 1.82) is 0 Å². The molecule has 0 aromatic heterocycles. The van der Waals surface area contributed by atoms with Crippen molar-refractivity contribution < 1.29 is 9.53 Å². The number of carbonyl (C=O) groups excluding carboxylic acids is 1. The Morgan fingerprint density at radius 2 is 2.00 bits per heavy atom. The molecule has 0 saturated carbocycles.